The molecule has 4 atom stereocenters. The Balaban J connectivity index is 1.56. The van der Waals surface area contributed by atoms with E-state index in [1.54, 1.807) is 0 Å². The molecule has 4 rings (SSSR count). The van der Waals surface area contributed by atoms with Gasteiger partial charge in [-0.2, -0.15) is 0 Å². The van der Waals surface area contributed by atoms with Gasteiger partial charge >= 0.3 is 0 Å². The van der Waals surface area contributed by atoms with Crippen LogP contribution in [0.5, 0.6) is 0 Å². The number of hydrogen-bond acceptors (Lipinski definition) is 4. The van der Waals surface area contributed by atoms with Crippen molar-refractivity contribution in [2.75, 3.05) is 13.1 Å². The summed E-state index contributed by atoms with van der Waals surface area (Å²) in [5, 5.41) is 0. The van der Waals surface area contributed by atoms with Crippen molar-refractivity contribution in [3.63, 3.8) is 0 Å². The van der Waals surface area contributed by atoms with E-state index >= 15 is 0 Å². The monoisotopic (exact) mass is 388 g/mol. The number of carbonyl (C=O) groups is 4. The van der Waals surface area contributed by atoms with Crippen molar-refractivity contribution in [2.45, 2.75) is 67.2 Å². The first-order valence-electron chi connectivity index (χ1n) is 10.5. The third-order valence-corrected chi connectivity index (χ3v) is 9.56. The molecule has 0 unspecified atom stereocenters. The predicted molar refractivity (Wildman–Crippen MR) is 103 cm³/mol. The summed E-state index contributed by atoms with van der Waals surface area (Å²) >= 11 is 0. The van der Waals surface area contributed by atoms with Crippen LogP contribution < -0.4 is 0 Å². The lowest BCUT2D eigenvalue weighted by molar-refractivity contribution is -0.173. The van der Waals surface area contributed by atoms with Crippen LogP contribution in [-0.4, -0.2) is 46.5 Å². The number of hydrogen-bond donors (Lipinski definition) is 0. The molecule has 2 heterocycles. The lowest BCUT2D eigenvalue weighted by Gasteiger charge is -2.49. The molecule has 0 aromatic rings. The Hall–Kier alpha value is -1.72. The Bertz CT molecular complexity index is 734. The van der Waals surface area contributed by atoms with Crippen molar-refractivity contribution in [3.8, 4) is 0 Å². The summed E-state index contributed by atoms with van der Waals surface area (Å²) in [4.78, 5) is 55.1. The van der Waals surface area contributed by atoms with Crippen molar-refractivity contribution < 1.29 is 19.2 Å². The highest BCUT2D eigenvalue weighted by Crippen LogP contribution is 2.61. The minimum Gasteiger partial charge on any atom is -0.280 e. The summed E-state index contributed by atoms with van der Waals surface area (Å²) in [5.41, 5.74) is -1.83. The molecule has 2 saturated carbocycles. The molecule has 0 spiro atoms. The van der Waals surface area contributed by atoms with Gasteiger partial charge < -0.3 is 0 Å². The summed E-state index contributed by atoms with van der Waals surface area (Å²) in [6.45, 7) is 12.2. The molecule has 0 aromatic carbocycles. The van der Waals surface area contributed by atoms with Gasteiger partial charge in [0.2, 0.25) is 23.6 Å². The Kier molecular flexibility index (Phi) is 3.81. The van der Waals surface area contributed by atoms with E-state index in [-0.39, 0.29) is 59.4 Å². The molecule has 0 radical (unpaired) electrons. The fraction of sp³-hybridized carbons (Fsp3) is 0.818. The summed E-state index contributed by atoms with van der Waals surface area (Å²) in [5.74, 6) is -0.927. The summed E-state index contributed by atoms with van der Waals surface area (Å²) in [7, 11) is 0. The van der Waals surface area contributed by atoms with Crippen LogP contribution in [0, 0.1) is 33.5 Å². The Morgan fingerprint density at radius 3 is 1.32 bits per heavy atom. The fourth-order valence-electron chi connectivity index (χ4n) is 6.43. The second kappa shape index (κ2) is 5.45. The van der Waals surface area contributed by atoms with Crippen LogP contribution in [0.25, 0.3) is 0 Å². The number of nitrogens with zero attached hydrogens (tertiary/aromatic N) is 2. The topological polar surface area (TPSA) is 74.8 Å². The number of piperidine rings is 2. The van der Waals surface area contributed by atoms with Gasteiger partial charge in [0, 0.05) is 24.9 Å². The standard InChI is InChI=1S/C22H32N2O4/c1-19(2)13-7-9-21(19,5)17(27)23(15(13)25)11-12-24-16(26)14-8-10-22(6,18(24)28)20(14,3)4/h13-14H,7-12H2,1-6H3/t13-,14+,21-,22-/m1/s1. The average Bonchev–Trinajstić information content (AvgIpc) is 2.91. The zero-order valence-corrected chi connectivity index (χ0v) is 17.9. The Labute approximate surface area is 167 Å². The zero-order chi connectivity index (χ0) is 20.9. The second-order valence-electron chi connectivity index (χ2n) is 10.9. The van der Waals surface area contributed by atoms with Crippen LogP contribution in [0.3, 0.4) is 0 Å². The maximum absolute atomic E-state index is 13.2. The van der Waals surface area contributed by atoms with E-state index in [4.69, 9.17) is 0 Å². The van der Waals surface area contributed by atoms with E-state index < -0.39 is 10.8 Å². The van der Waals surface area contributed by atoms with E-state index in [0.717, 1.165) is 12.8 Å². The number of imide groups is 2. The molecular formula is C22H32N2O4. The molecule has 4 bridgehead atoms. The molecule has 2 aliphatic carbocycles. The Morgan fingerprint density at radius 2 is 1.00 bits per heavy atom. The molecule has 6 heteroatoms. The first-order valence-corrected chi connectivity index (χ1v) is 10.5. The van der Waals surface area contributed by atoms with E-state index in [0.29, 0.717) is 12.8 Å². The molecule has 4 fully saturated rings. The van der Waals surface area contributed by atoms with Crippen LogP contribution in [0.1, 0.15) is 67.2 Å². The second-order valence-corrected chi connectivity index (χ2v) is 10.9. The highest BCUT2D eigenvalue weighted by Gasteiger charge is 2.66. The highest BCUT2D eigenvalue weighted by molar-refractivity contribution is 6.05. The van der Waals surface area contributed by atoms with Crippen LogP contribution in [0.15, 0.2) is 0 Å². The quantitative estimate of drug-likeness (QED) is 0.697. The van der Waals surface area contributed by atoms with E-state index in [2.05, 4.69) is 0 Å². The Morgan fingerprint density at radius 1 is 0.679 bits per heavy atom. The number of fused-ring (bicyclic) bond motifs is 4. The molecule has 4 amide bonds. The third-order valence-electron chi connectivity index (χ3n) is 9.56. The van der Waals surface area contributed by atoms with E-state index in [1.165, 1.54) is 9.80 Å². The van der Waals surface area contributed by atoms with Gasteiger partial charge in [-0.15, -0.1) is 0 Å². The minimum atomic E-state index is -0.561. The first-order chi connectivity index (χ1) is 12.8. The van der Waals surface area contributed by atoms with E-state index in [1.807, 2.05) is 41.5 Å². The van der Waals surface area contributed by atoms with Crippen LogP contribution >= 0.6 is 0 Å². The fourth-order valence-corrected chi connectivity index (χ4v) is 6.43. The van der Waals surface area contributed by atoms with Crippen molar-refractivity contribution in [3.05, 3.63) is 0 Å². The smallest absolute Gasteiger partial charge is 0.235 e. The molecule has 0 N–H and O–H groups in total. The van der Waals surface area contributed by atoms with Crippen LogP contribution in [0.4, 0.5) is 0 Å². The van der Waals surface area contributed by atoms with Gasteiger partial charge in [-0.3, -0.25) is 29.0 Å². The molecule has 2 saturated heterocycles. The maximum atomic E-state index is 13.2. The summed E-state index contributed by atoms with van der Waals surface area (Å²) < 4.78 is 0. The van der Waals surface area contributed by atoms with Gasteiger partial charge in [-0.1, -0.05) is 41.5 Å². The summed E-state index contributed by atoms with van der Waals surface area (Å²) in [6, 6.07) is 0. The number of carbonyl (C=O) groups excluding carboxylic acids is 4. The van der Waals surface area contributed by atoms with Crippen molar-refractivity contribution in [1.29, 1.82) is 0 Å². The molecule has 4 aliphatic rings. The molecule has 2 aliphatic heterocycles. The number of likely N-dealkylation sites (tertiary alicyclic amines) is 2. The van der Waals surface area contributed by atoms with Crippen molar-refractivity contribution in [2.24, 2.45) is 33.5 Å². The van der Waals surface area contributed by atoms with Crippen molar-refractivity contribution in [1.82, 2.24) is 9.80 Å². The summed E-state index contributed by atoms with van der Waals surface area (Å²) in [6.07, 6.45) is 2.87. The lowest BCUT2D eigenvalue weighted by Crippen LogP contribution is -2.63. The first kappa shape index (κ1) is 19.6. The largest absolute Gasteiger partial charge is 0.280 e. The van der Waals surface area contributed by atoms with Crippen LogP contribution in [0.2, 0.25) is 0 Å². The molecule has 154 valence electrons. The van der Waals surface area contributed by atoms with Gasteiger partial charge in [-0.25, -0.2) is 0 Å². The van der Waals surface area contributed by atoms with Gasteiger partial charge in [0.05, 0.1) is 10.8 Å². The molecule has 0 aromatic heterocycles. The van der Waals surface area contributed by atoms with Gasteiger partial charge in [0.15, 0.2) is 0 Å². The normalized spacial score (nSPS) is 41.2. The van der Waals surface area contributed by atoms with Gasteiger partial charge in [-0.05, 0) is 36.5 Å². The van der Waals surface area contributed by atoms with Crippen LogP contribution in [-0.2, 0) is 19.2 Å². The van der Waals surface area contributed by atoms with Crippen molar-refractivity contribution >= 4 is 23.6 Å². The molecule has 28 heavy (non-hydrogen) atoms. The maximum Gasteiger partial charge on any atom is 0.235 e. The third kappa shape index (κ3) is 1.99. The number of rotatable bonds is 3. The zero-order valence-electron chi connectivity index (χ0n) is 17.9. The molecular weight excluding hydrogens is 356 g/mol. The molecule has 6 nitrogen and oxygen atoms in total. The van der Waals surface area contributed by atoms with Gasteiger partial charge in [0.25, 0.3) is 0 Å². The highest BCUT2D eigenvalue weighted by atomic mass is 16.2. The number of amides is 4. The SMILES string of the molecule is CC1(C)[C@@H]2CC[C@]1(C)C(=O)N(CCN1C(=O)[C@@H]3CC[C@](C)(C1=O)C3(C)C)C2=O. The van der Waals surface area contributed by atoms with E-state index in [9.17, 15) is 19.2 Å². The minimum absolute atomic E-state index is 0.112. The van der Waals surface area contributed by atoms with Gasteiger partial charge in [0.1, 0.15) is 0 Å². The average molecular weight is 389 g/mol. The predicted octanol–water partition coefficient (Wildman–Crippen LogP) is 2.61. The lowest BCUT2D eigenvalue weighted by atomic mass is 9.62.